The monoisotopic (exact) mass is 255 g/mol. The summed E-state index contributed by atoms with van der Waals surface area (Å²) in [6.07, 6.45) is 3.05. The van der Waals surface area contributed by atoms with Gasteiger partial charge in [0, 0.05) is 36.7 Å². The first-order valence-corrected chi connectivity index (χ1v) is 6.53. The zero-order valence-electron chi connectivity index (χ0n) is 10.9. The van der Waals surface area contributed by atoms with E-state index in [1.807, 2.05) is 37.4 Å². The summed E-state index contributed by atoms with van der Waals surface area (Å²) in [5, 5.41) is 1.08. The van der Waals surface area contributed by atoms with Gasteiger partial charge < -0.3 is 10.6 Å². The molecule has 2 heterocycles. The minimum Gasteiger partial charge on any atom is -0.337 e. The van der Waals surface area contributed by atoms with Crippen LogP contribution in [-0.4, -0.2) is 28.9 Å². The van der Waals surface area contributed by atoms with Crippen LogP contribution in [0.1, 0.15) is 24.4 Å². The number of nitrogens with zero attached hydrogens (tertiary/aromatic N) is 2. The van der Waals surface area contributed by atoms with Gasteiger partial charge >= 0.3 is 0 Å². The van der Waals surface area contributed by atoms with Gasteiger partial charge in [-0.15, -0.1) is 0 Å². The Morgan fingerprint density at radius 3 is 2.95 bits per heavy atom. The zero-order chi connectivity index (χ0) is 13.4. The minimum atomic E-state index is -0.0835. The van der Waals surface area contributed by atoms with Crippen LogP contribution in [0.15, 0.2) is 36.5 Å². The Morgan fingerprint density at radius 1 is 1.32 bits per heavy atom. The number of carbonyl (C=O) groups excluding carboxylic acids is 1. The van der Waals surface area contributed by atoms with Gasteiger partial charge in [-0.3, -0.25) is 9.78 Å². The van der Waals surface area contributed by atoms with Crippen molar-refractivity contribution in [2.45, 2.75) is 24.9 Å². The van der Waals surface area contributed by atoms with Gasteiger partial charge in [0.2, 0.25) is 5.91 Å². The van der Waals surface area contributed by atoms with E-state index in [4.69, 9.17) is 5.73 Å². The molecule has 1 aromatic heterocycles. The second kappa shape index (κ2) is 4.63. The minimum absolute atomic E-state index is 0.0321. The van der Waals surface area contributed by atoms with E-state index in [2.05, 4.69) is 4.98 Å². The largest absolute Gasteiger partial charge is 0.337 e. The van der Waals surface area contributed by atoms with Gasteiger partial charge in [-0.25, -0.2) is 0 Å². The van der Waals surface area contributed by atoms with E-state index in [1.54, 1.807) is 11.1 Å². The summed E-state index contributed by atoms with van der Waals surface area (Å²) in [4.78, 5) is 18.1. The molecule has 2 N–H and O–H groups in total. The van der Waals surface area contributed by atoms with E-state index >= 15 is 0 Å². The first-order chi connectivity index (χ1) is 9.18. The summed E-state index contributed by atoms with van der Waals surface area (Å²) in [6, 6.07) is 9.88. The number of nitrogens with two attached hydrogens (primary N) is 1. The third-order valence-corrected chi connectivity index (χ3v) is 3.89. The molecule has 0 spiro atoms. The van der Waals surface area contributed by atoms with Crippen LogP contribution in [-0.2, 0) is 4.79 Å². The van der Waals surface area contributed by atoms with Gasteiger partial charge in [0.15, 0.2) is 0 Å². The van der Waals surface area contributed by atoms with E-state index < -0.39 is 0 Å². The van der Waals surface area contributed by atoms with Crippen LogP contribution >= 0.6 is 0 Å². The predicted octanol–water partition coefficient (Wildman–Crippen LogP) is 1.86. The highest BCUT2D eigenvalue weighted by Gasteiger charge is 2.33. The number of rotatable bonds is 1. The number of likely N-dealkylation sites (tertiary alicyclic amines) is 1. The smallest absolute Gasteiger partial charge is 0.222 e. The molecule has 1 aromatic carbocycles. The Hall–Kier alpha value is -1.94. The predicted molar refractivity (Wildman–Crippen MR) is 74.5 cm³/mol. The Labute approximate surface area is 112 Å². The van der Waals surface area contributed by atoms with Crippen LogP contribution in [0.3, 0.4) is 0 Å². The van der Waals surface area contributed by atoms with Crippen molar-refractivity contribution >= 4 is 16.8 Å². The van der Waals surface area contributed by atoms with E-state index in [0.717, 1.165) is 22.9 Å². The summed E-state index contributed by atoms with van der Waals surface area (Å²) in [5.41, 5.74) is 8.21. The molecule has 1 aliphatic heterocycles. The molecule has 0 bridgehead atoms. The van der Waals surface area contributed by atoms with E-state index in [1.165, 1.54) is 0 Å². The van der Waals surface area contributed by atoms with Gasteiger partial charge in [0.25, 0.3) is 0 Å². The molecule has 0 radical (unpaired) electrons. The highest BCUT2D eigenvalue weighted by molar-refractivity contribution is 5.84. The number of amides is 1. The molecule has 0 aliphatic carbocycles. The average Bonchev–Trinajstić information content (AvgIpc) is 2.44. The van der Waals surface area contributed by atoms with E-state index in [-0.39, 0.29) is 18.0 Å². The highest BCUT2D eigenvalue weighted by atomic mass is 16.2. The lowest BCUT2D eigenvalue weighted by atomic mass is 9.90. The normalized spacial score (nSPS) is 23.9. The second-order valence-electron chi connectivity index (χ2n) is 5.07. The highest BCUT2D eigenvalue weighted by Crippen LogP contribution is 2.32. The van der Waals surface area contributed by atoms with Crippen LogP contribution in [0.5, 0.6) is 0 Å². The van der Waals surface area contributed by atoms with Gasteiger partial charge in [-0.2, -0.15) is 0 Å². The summed E-state index contributed by atoms with van der Waals surface area (Å²) in [7, 11) is 1.83. The molecule has 2 atom stereocenters. The molecule has 19 heavy (non-hydrogen) atoms. The third kappa shape index (κ3) is 1.98. The maximum atomic E-state index is 11.9. The molecule has 1 aliphatic rings. The molecule has 1 amide bonds. The Balaban J connectivity index is 2.15. The summed E-state index contributed by atoms with van der Waals surface area (Å²) in [5.74, 6) is 0.152. The Morgan fingerprint density at radius 2 is 2.11 bits per heavy atom. The number of para-hydroxylation sites is 1. The summed E-state index contributed by atoms with van der Waals surface area (Å²) >= 11 is 0. The van der Waals surface area contributed by atoms with Gasteiger partial charge in [-0.05, 0) is 12.5 Å². The number of likely N-dealkylation sites (N-methyl/N-ethyl adjacent to an activating group) is 1. The van der Waals surface area contributed by atoms with Crippen LogP contribution in [0.25, 0.3) is 10.9 Å². The number of hydrogen-bond acceptors (Lipinski definition) is 3. The van der Waals surface area contributed by atoms with E-state index in [0.29, 0.717) is 6.42 Å². The molecule has 1 fully saturated rings. The van der Waals surface area contributed by atoms with Crippen molar-refractivity contribution in [2.24, 2.45) is 5.73 Å². The van der Waals surface area contributed by atoms with Crippen LogP contribution in [0, 0.1) is 0 Å². The van der Waals surface area contributed by atoms with Crippen LogP contribution in [0.2, 0.25) is 0 Å². The molecule has 98 valence electrons. The molecular formula is C15H17N3O. The van der Waals surface area contributed by atoms with Crippen molar-refractivity contribution in [3.8, 4) is 0 Å². The average molecular weight is 255 g/mol. The Kier molecular flexibility index (Phi) is 2.95. The second-order valence-corrected chi connectivity index (χ2v) is 5.07. The number of benzene rings is 1. The molecule has 0 saturated carbocycles. The maximum absolute atomic E-state index is 11.9. The van der Waals surface area contributed by atoms with Crippen molar-refractivity contribution < 1.29 is 4.79 Å². The molecular weight excluding hydrogens is 238 g/mol. The first-order valence-electron chi connectivity index (χ1n) is 6.53. The van der Waals surface area contributed by atoms with Crippen molar-refractivity contribution in [3.05, 3.63) is 42.1 Å². The summed E-state index contributed by atoms with van der Waals surface area (Å²) in [6.45, 7) is 0. The quantitative estimate of drug-likeness (QED) is 0.846. The van der Waals surface area contributed by atoms with E-state index in [9.17, 15) is 4.79 Å². The number of carbonyl (C=O) groups is 1. The third-order valence-electron chi connectivity index (χ3n) is 3.89. The number of piperidine rings is 1. The van der Waals surface area contributed by atoms with Gasteiger partial charge in [-0.1, -0.05) is 24.3 Å². The fourth-order valence-corrected chi connectivity index (χ4v) is 2.87. The number of pyridine rings is 1. The number of fused-ring (bicyclic) bond motifs is 1. The van der Waals surface area contributed by atoms with Crippen LogP contribution in [0.4, 0.5) is 0 Å². The Bertz CT molecular complexity index is 620. The summed E-state index contributed by atoms with van der Waals surface area (Å²) < 4.78 is 0. The molecule has 2 unspecified atom stereocenters. The fourth-order valence-electron chi connectivity index (χ4n) is 2.87. The maximum Gasteiger partial charge on any atom is 0.222 e. The lowest BCUT2D eigenvalue weighted by molar-refractivity contribution is -0.135. The fraction of sp³-hybridized carbons (Fsp3) is 0.333. The lowest BCUT2D eigenvalue weighted by Gasteiger charge is -2.37. The number of hydrogen-bond donors (Lipinski definition) is 1. The van der Waals surface area contributed by atoms with Crippen molar-refractivity contribution in [1.29, 1.82) is 0 Å². The molecule has 3 rings (SSSR count). The van der Waals surface area contributed by atoms with Crippen molar-refractivity contribution in [3.63, 3.8) is 0 Å². The van der Waals surface area contributed by atoms with Crippen molar-refractivity contribution in [2.75, 3.05) is 7.05 Å². The SMILES string of the molecule is CN1C(=O)CCC(N)C1c1cccc2cccnc12. The first kappa shape index (κ1) is 12.1. The van der Waals surface area contributed by atoms with Crippen LogP contribution < -0.4 is 5.73 Å². The number of aromatic nitrogens is 1. The lowest BCUT2D eigenvalue weighted by Crippen LogP contribution is -2.46. The van der Waals surface area contributed by atoms with Gasteiger partial charge in [0.1, 0.15) is 0 Å². The molecule has 2 aromatic rings. The molecule has 1 saturated heterocycles. The van der Waals surface area contributed by atoms with Crippen molar-refractivity contribution in [1.82, 2.24) is 9.88 Å². The standard InChI is InChI=1S/C15H17N3O/c1-18-13(19)8-7-12(16)15(18)11-6-2-4-10-5-3-9-17-14(10)11/h2-6,9,12,15H,7-8,16H2,1H3. The molecule has 4 heteroatoms. The zero-order valence-corrected chi connectivity index (χ0v) is 10.9. The van der Waals surface area contributed by atoms with Gasteiger partial charge in [0.05, 0.1) is 11.6 Å². The molecule has 4 nitrogen and oxygen atoms in total. The topological polar surface area (TPSA) is 59.2 Å².